The van der Waals surface area contributed by atoms with Crippen molar-refractivity contribution in [2.75, 3.05) is 13.6 Å². The fraction of sp³-hybridized carbons (Fsp3) is 0.211. The van der Waals surface area contributed by atoms with Crippen LogP contribution in [-0.4, -0.2) is 38.9 Å². The summed E-state index contributed by atoms with van der Waals surface area (Å²) in [6, 6.07) is 7.80. The molecule has 3 rings (SSSR count). The standard InChI is InChI=1S/C19H20FN5O/c1-13-10-25(12-17(13)20)19-22-8-16(9-23-19)15-5-3-4-14(6-15)11-24(2)18(26)7-21/h3-6,8-10,12H,7,11,21H2,1-2H3. The van der Waals surface area contributed by atoms with Crippen LogP contribution in [0.15, 0.2) is 49.1 Å². The van der Waals surface area contributed by atoms with E-state index in [1.54, 1.807) is 42.0 Å². The molecule has 7 heteroatoms. The van der Waals surface area contributed by atoms with Gasteiger partial charge in [-0.1, -0.05) is 18.2 Å². The van der Waals surface area contributed by atoms with E-state index in [2.05, 4.69) is 9.97 Å². The number of hydrogen-bond acceptors (Lipinski definition) is 4. The summed E-state index contributed by atoms with van der Waals surface area (Å²) in [7, 11) is 1.72. The molecule has 134 valence electrons. The molecule has 0 bridgehead atoms. The topological polar surface area (TPSA) is 77.0 Å². The van der Waals surface area contributed by atoms with Crippen LogP contribution in [-0.2, 0) is 11.3 Å². The molecule has 0 radical (unpaired) electrons. The zero-order valence-electron chi connectivity index (χ0n) is 14.7. The van der Waals surface area contributed by atoms with Crippen molar-refractivity contribution in [3.05, 3.63) is 66.0 Å². The number of carbonyl (C=O) groups excluding carboxylic acids is 1. The van der Waals surface area contributed by atoms with Gasteiger partial charge >= 0.3 is 0 Å². The third kappa shape index (κ3) is 3.78. The van der Waals surface area contributed by atoms with Crippen LogP contribution in [0.5, 0.6) is 0 Å². The third-order valence-corrected chi connectivity index (χ3v) is 4.11. The van der Waals surface area contributed by atoms with Gasteiger partial charge in [-0.3, -0.25) is 9.36 Å². The van der Waals surface area contributed by atoms with Crippen LogP contribution < -0.4 is 5.73 Å². The molecule has 0 aliphatic heterocycles. The molecule has 3 aromatic rings. The Morgan fingerprint density at radius 3 is 2.58 bits per heavy atom. The van der Waals surface area contributed by atoms with Gasteiger partial charge in [0.2, 0.25) is 11.9 Å². The molecule has 0 aliphatic carbocycles. The van der Waals surface area contributed by atoms with Crippen molar-refractivity contribution in [3.63, 3.8) is 0 Å². The number of hydrogen-bond donors (Lipinski definition) is 1. The van der Waals surface area contributed by atoms with Crippen molar-refractivity contribution in [1.82, 2.24) is 19.4 Å². The van der Waals surface area contributed by atoms with Gasteiger partial charge < -0.3 is 10.6 Å². The van der Waals surface area contributed by atoms with Gasteiger partial charge in [-0.15, -0.1) is 0 Å². The first-order valence-corrected chi connectivity index (χ1v) is 8.18. The zero-order valence-corrected chi connectivity index (χ0v) is 14.7. The molecule has 0 aliphatic rings. The summed E-state index contributed by atoms with van der Waals surface area (Å²) in [5.41, 5.74) is 8.70. The van der Waals surface area contributed by atoms with Gasteiger partial charge in [0.1, 0.15) is 5.82 Å². The quantitative estimate of drug-likeness (QED) is 0.763. The number of nitrogens with two attached hydrogens (primary N) is 1. The summed E-state index contributed by atoms with van der Waals surface area (Å²) in [5, 5.41) is 0. The number of nitrogens with zero attached hydrogens (tertiary/aromatic N) is 4. The highest BCUT2D eigenvalue weighted by Crippen LogP contribution is 2.20. The highest BCUT2D eigenvalue weighted by atomic mass is 19.1. The van der Waals surface area contributed by atoms with Crippen molar-refractivity contribution in [1.29, 1.82) is 0 Å². The van der Waals surface area contributed by atoms with Crippen LogP contribution in [0.3, 0.4) is 0 Å². The van der Waals surface area contributed by atoms with Crippen LogP contribution in [0.1, 0.15) is 11.1 Å². The van der Waals surface area contributed by atoms with Crippen molar-refractivity contribution < 1.29 is 9.18 Å². The molecule has 6 nitrogen and oxygen atoms in total. The predicted octanol–water partition coefficient (Wildman–Crippen LogP) is 2.30. The molecule has 2 aromatic heterocycles. The SMILES string of the molecule is Cc1cn(-c2ncc(-c3cccc(CN(C)C(=O)CN)c3)cn2)cc1F. The van der Waals surface area contributed by atoms with E-state index in [1.807, 2.05) is 24.3 Å². The molecule has 0 saturated heterocycles. The number of rotatable bonds is 5. The Kier molecular flexibility index (Phi) is 5.09. The number of aryl methyl sites for hydroxylation is 1. The van der Waals surface area contributed by atoms with E-state index in [9.17, 15) is 9.18 Å². The van der Waals surface area contributed by atoms with Crippen molar-refractivity contribution in [2.45, 2.75) is 13.5 Å². The molecule has 0 spiro atoms. The molecule has 0 atom stereocenters. The predicted molar refractivity (Wildman–Crippen MR) is 97.0 cm³/mol. The highest BCUT2D eigenvalue weighted by Gasteiger charge is 2.09. The summed E-state index contributed by atoms with van der Waals surface area (Å²) in [5.74, 6) is 0.00374. The maximum Gasteiger partial charge on any atom is 0.236 e. The second kappa shape index (κ2) is 7.45. The average Bonchev–Trinajstić information content (AvgIpc) is 3.00. The fourth-order valence-corrected chi connectivity index (χ4v) is 2.62. The summed E-state index contributed by atoms with van der Waals surface area (Å²) in [6.45, 7) is 2.16. The van der Waals surface area contributed by atoms with Crippen molar-refractivity contribution >= 4 is 5.91 Å². The lowest BCUT2D eigenvalue weighted by molar-refractivity contribution is -0.128. The molecule has 2 heterocycles. The fourth-order valence-electron chi connectivity index (χ4n) is 2.62. The van der Waals surface area contributed by atoms with Crippen LogP contribution >= 0.6 is 0 Å². The number of halogens is 1. The second-order valence-corrected chi connectivity index (χ2v) is 6.12. The first-order valence-electron chi connectivity index (χ1n) is 8.18. The smallest absolute Gasteiger partial charge is 0.236 e. The van der Waals surface area contributed by atoms with E-state index in [-0.39, 0.29) is 18.3 Å². The van der Waals surface area contributed by atoms with Gasteiger partial charge in [-0.25, -0.2) is 14.4 Å². The Bertz CT molecular complexity index is 900. The van der Waals surface area contributed by atoms with Crippen LogP contribution in [0, 0.1) is 12.7 Å². The van der Waals surface area contributed by atoms with Crippen LogP contribution in [0.25, 0.3) is 17.1 Å². The molecular weight excluding hydrogens is 333 g/mol. The summed E-state index contributed by atoms with van der Waals surface area (Å²) < 4.78 is 15.0. The largest absolute Gasteiger partial charge is 0.340 e. The number of aromatic nitrogens is 3. The van der Waals surface area contributed by atoms with E-state index in [0.717, 1.165) is 16.7 Å². The van der Waals surface area contributed by atoms with Crippen LogP contribution in [0.4, 0.5) is 4.39 Å². The van der Waals surface area contributed by atoms with Gasteiger partial charge in [0.15, 0.2) is 0 Å². The minimum absolute atomic E-state index is 0.00897. The minimum Gasteiger partial charge on any atom is -0.340 e. The number of amides is 1. The molecule has 26 heavy (non-hydrogen) atoms. The normalized spacial score (nSPS) is 10.8. The van der Waals surface area contributed by atoms with E-state index >= 15 is 0 Å². The summed E-state index contributed by atoms with van der Waals surface area (Å²) >= 11 is 0. The van der Waals surface area contributed by atoms with E-state index in [1.165, 1.54) is 6.20 Å². The van der Waals surface area contributed by atoms with Crippen molar-refractivity contribution in [2.24, 2.45) is 5.73 Å². The lowest BCUT2D eigenvalue weighted by atomic mass is 10.1. The van der Waals surface area contributed by atoms with Gasteiger partial charge in [-0.05, 0) is 24.1 Å². The van der Waals surface area contributed by atoms with Gasteiger partial charge in [0.25, 0.3) is 0 Å². The molecule has 0 unspecified atom stereocenters. The Morgan fingerprint density at radius 2 is 1.96 bits per heavy atom. The molecule has 0 saturated carbocycles. The highest BCUT2D eigenvalue weighted by molar-refractivity contribution is 5.77. The monoisotopic (exact) mass is 353 g/mol. The molecule has 1 amide bonds. The van der Waals surface area contributed by atoms with Gasteiger partial charge in [0.05, 0.1) is 6.54 Å². The number of likely N-dealkylation sites (N-methyl/N-ethyl adjacent to an activating group) is 1. The second-order valence-electron chi connectivity index (χ2n) is 6.12. The minimum atomic E-state index is -0.290. The molecule has 0 fully saturated rings. The Hall–Kier alpha value is -3.06. The van der Waals surface area contributed by atoms with Crippen LogP contribution in [0.2, 0.25) is 0 Å². The summed E-state index contributed by atoms with van der Waals surface area (Å²) in [6.07, 6.45) is 6.40. The lowest BCUT2D eigenvalue weighted by Crippen LogP contribution is -2.32. The first kappa shape index (κ1) is 17.8. The lowest BCUT2D eigenvalue weighted by Gasteiger charge is -2.16. The Morgan fingerprint density at radius 1 is 1.23 bits per heavy atom. The Labute approximate surface area is 151 Å². The van der Waals surface area contributed by atoms with E-state index in [4.69, 9.17) is 5.73 Å². The summed E-state index contributed by atoms with van der Waals surface area (Å²) in [4.78, 5) is 21.8. The average molecular weight is 353 g/mol. The van der Waals surface area contributed by atoms with E-state index < -0.39 is 0 Å². The first-order chi connectivity index (χ1) is 12.5. The number of benzene rings is 1. The zero-order chi connectivity index (χ0) is 18.7. The van der Waals surface area contributed by atoms with Gasteiger partial charge in [-0.2, -0.15) is 0 Å². The van der Waals surface area contributed by atoms with E-state index in [0.29, 0.717) is 18.1 Å². The molecule has 2 N–H and O–H groups in total. The third-order valence-electron chi connectivity index (χ3n) is 4.11. The molecule has 1 aromatic carbocycles. The van der Waals surface area contributed by atoms with Gasteiger partial charge in [0, 0.05) is 49.5 Å². The maximum absolute atomic E-state index is 13.5. The molecular formula is C19H20FN5O. The Balaban J connectivity index is 1.81. The number of carbonyl (C=O) groups is 1. The van der Waals surface area contributed by atoms with Crippen molar-refractivity contribution in [3.8, 4) is 17.1 Å². The maximum atomic E-state index is 13.5.